The maximum atomic E-state index is 13.3. The van der Waals surface area contributed by atoms with E-state index in [2.05, 4.69) is 28.6 Å². The minimum absolute atomic E-state index is 0.277. The molecule has 3 rings (SSSR count). The zero-order valence-electron chi connectivity index (χ0n) is 18.5. The van der Waals surface area contributed by atoms with Crippen molar-refractivity contribution in [2.75, 3.05) is 37.5 Å². The second-order valence-corrected chi connectivity index (χ2v) is 9.40. The third kappa shape index (κ3) is 6.43. The molecule has 1 aliphatic rings. The van der Waals surface area contributed by atoms with Gasteiger partial charge in [-0.1, -0.05) is 36.4 Å². The number of thioether (sulfide) groups is 1. The number of hydrogen-bond acceptors (Lipinski definition) is 7. The van der Waals surface area contributed by atoms with Crippen LogP contribution in [0.2, 0.25) is 0 Å². The first-order valence-corrected chi connectivity index (χ1v) is 12.7. The fourth-order valence-corrected chi connectivity index (χ4v) is 4.58. The van der Waals surface area contributed by atoms with Gasteiger partial charge in [0.15, 0.2) is 0 Å². The lowest BCUT2D eigenvalue weighted by Gasteiger charge is -2.20. The van der Waals surface area contributed by atoms with Crippen LogP contribution in [0.5, 0.6) is 0 Å². The molecule has 1 amide bonds. The summed E-state index contributed by atoms with van der Waals surface area (Å²) in [7, 11) is 1.34. The van der Waals surface area contributed by atoms with Crippen molar-refractivity contribution < 1.29 is 14.3 Å². The second kappa shape index (κ2) is 12.2. The Morgan fingerprint density at radius 2 is 2.03 bits per heavy atom. The van der Waals surface area contributed by atoms with Gasteiger partial charge in [-0.05, 0) is 54.7 Å². The van der Waals surface area contributed by atoms with Crippen LogP contribution in [0, 0.1) is 0 Å². The highest BCUT2D eigenvalue weighted by atomic mass is 32.2. The Hall–Kier alpha value is -2.16. The van der Waals surface area contributed by atoms with Gasteiger partial charge in [0, 0.05) is 29.1 Å². The van der Waals surface area contributed by atoms with Crippen molar-refractivity contribution in [1.29, 1.82) is 0 Å². The Labute approximate surface area is 199 Å². The number of amides is 1. The summed E-state index contributed by atoms with van der Waals surface area (Å²) < 4.78 is 4.90. The molecular weight excluding hydrogens is 442 g/mol. The van der Waals surface area contributed by atoms with E-state index in [1.54, 1.807) is 11.8 Å². The number of nitrogens with one attached hydrogen (secondary N) is 3. The molecule has 0 saturated carbocycles. The van der Waals surface area contributed by atoms with Crippen LogP contribution >= 0.6 is 24.4 Å². The zero-order valence-corrected chi connectivity index (χ0v) is 20.2. The van der Waals surface area contributed by atoms with E-state index in [0.29, 0.717) is 17.2 Å². The smallest absolute Gasteiger partial charge is 0.328 e. The first-order valence-electron chi connectivity index (χ1n) is 10.8. The molecule has 1 fully saturated rings. The van der Waals surface area contributed by atoms with E-state index < -0.39 is 12.0 Å². The van der Waals surface area contributed by atoms with Crippen molar-refractivity contribution in [3.05, 3.63) is 54.1 Å². The summed E-state index contributed by atoms with van der Waals surface area (Å²) >= 11 is 6.25. The quantitative estimate of drug-likeness (QED) is 0.313. The molecule has 2 aromatic carbocycles. The van der Waals surface area contributed by atoms with Crippen molar-refractivity contribution in [2.45, 2.75) is 30.2 Å². The molecule has 0 aromatic heterocycles. The third-order valence-electron chi connectivity index (χ3n) is 5.59. The normalized spacial score (nSPS) is 18.7. The number of esters is 1. The van der Waals surface area contributed by atoms with E-state index in [1.807, 2.05) is 54.8 Å². The van der Waals surface area contributed by atoms with Crippen LogP contribution in [0.1, 0.15) is 23.2 Å². The molecule has 2 aromatic rings. The average Bonchev–Trinajstić information content (AvgIpc) is 3.24. The number of anilines is 1. The molecule has 1 aliphatic heterocycles. The van der Waals surface area contributed by atoms with Crippen molar-refractivity contribution >= 4 is 42.0 Å². The summed E-state index contributed by atoms with van der Waals surface area (Å²) in [5.41, 5.74) is 3.12. The fourth-order valence-electron chi connectivity index (χ4n) is 3.76. The molecule has 0 aliphatic carbocycles. The summed E-state index contributed by atoms with van der Waals surface area (Å²) in [4.78, 5) is 25.5. The molecule has 0 spiro atoms. The van der Waals surface area contributed by atoms with Gasteiger partial charge in [0.2, 0.25) is 0 Å². The number of hydrogen-bond donors (Lipinski definition) is 4. The monoisotopic (exact) mass is 473 g/mol. The molecule has 3 N–H and O–H groups in total. The predicted octanol–water partition coefficient (Wildman–Crippen LogP) is 3.45. The molecule has 1 heterocycles. The van der Waals surface area contributed by atoms with E-state index in [4.69, 9.17) is 4.74 Å². The van der Waals surface area contributed by atoms with Gasteiger partial charge in [-0.15, -0.1) is 0 Å². The molecule has 3 atom stereocenters. The summed E-state index contributed by atoms with van der Waals surface area (Å²) in [6.07, 6.45) is 3.52. The highest BCUT2D eigenvalue weighted by Gasteiger charge is 2.25. The Balaban J connectivity index is 1.85. The van der Waals surface area contributed by atoms with Crippen LogP contribution in [0.25, 0.3) is 11.1 Å². The fraction of sp³-hybridized carbons (Fsp3) is 0.417. The number of carbonyl (C=O) groups is 2. The molecule has 2 unspecified atom stereocenters. The largest absolute Gasteiger partial charge is 0.467 e. The third-order valence-corrected chi connectivity index (χ3v) is 6.85. The van der Waals surface area contributed by atoms with Crippen molar-refractivity contribution in [1.82, 2.24) is 10.6 Å². The predicted molar refractivity (Wildman–Crippen MR) is 136 cm³/mol. The molecule has 32 heavy (non-hydrogen) atoms. The van der Waals surface area contributed by atoms with Crippen molar-refractivity contribution in [2.24, 2.45) is 0 Å². The maximum Gasteiger partial charge on any atom is 0.328 e. The molecule has 0 radical (unpaired) electrons. The van der Waals surface area contributed by atoms with Gasteiger partial charge in [-0.25, -0.2) is 4.79 Å². The van der Waals surface area contributed by atoms with Gasteiger partial charge >= 0.3 is 5.97 Å². The number of rotatable bonds is 10. The standard InChI is InChI=1S/C24H31N3O3S2/c1-30-24(29)20(11-13-32-2)27-23(28)19-14-17(26-15-21-22(31)10-12-25-21)8-9-18(19)16-6-4-3-5-7-16/h3-9,14,20-22,25-26,31H,10-13,15H2,1-2H3,(H,27,28)/t20-,21?,22?/m0/s1. The first-order chi connectivity index (χ1) is 15.5. The van der Waals surface area contributed by atoms with Crippen molar-refractivity contribution in [3.63, 3.8) is 0 Å². The molecule has 8 heteroatoms. The van der Waals surface area contributed by atoms with E-state index in [0.717, 1.165) is 42.1 Å². The minimum atomic E-state index is -0.687. The molecule has 1 saturated heterocycles. The molecule has 0 bridgehead atoms. The summed E-state index contributed by atoms with van der Waals surface area (Å²) in [5, 5.41) is 10.1. The Morgan fingerprint density at radius 1 is 1.25 bits per heavy atom. The second-order valence-electron chi connectivity index (χ2n) is 7.75. The minimum Gasteiger partial charge on any atom is -0.467 e. The number of methoxy groups -OCH3 is 1. The highest BCUT2D eigenvalue weighted by molar-refractivity contribution is 7.98. The van der Waals surface area contributed by atoms with E-state index in [1.165, 1.54) is 7.11 Å². The number of thiol groups is 1. The number of carbonyl (C=O) groups excluding carboxylic acids is 2. The molecule has 172 valence electrons. The van der Waals surface area contributed by atoms with E-state index in [-0.39, 0.29) is 11.9 Å². The molecular formula is C24H31N3O3S2. The van der Waals surface area contributed by atoms with Gasteiger partial charge in [0.05, 0.1) is 7.11 Å². The maximum absolute atomic E-state index is 13.3. The lowest BCUT2D eigenvalue weighted by molar-refractivity contribution is -0.142. The van der Waals surface area contributed by atoms with Crippen LogP contribution in [0.3, 0.4) is 0 Å². The van der Waals surface area contributed by atoms with E-state index in [9.17, 15) is 9.59 Å². The lowest BCUT2D eigenvalue weighted by Crippen LogP contribution is -2.42. The van der Waals surface area contributed by atoms with Crippen LogP contribution in [-0.4, -0.2) is 61.4 Å². The first kappa shape index (κ1) is 24.5. The van der Waals surface area contributed by atoms with Gasteiger partial charge in [0.25, 0.3) is 5.91 Å². The summed E-state index contributed by atoms with van der Waals surface area (Å²) in [6.45, 7) is 1.69. The van der Waals surface area contributed by atoms with Gasteiger partial charge in [-0.3, -0.25) is 4.79 Å². The van der Waals surface area contributed by atoms with E-state index >= 15 is 0 Å². The van der Waals surface area contributed by atoms with Gasteiger partial charge < -0.3 is 20.7 Å². The van der Waals surface area contributed by atoms with Gasteiger partial charge in [0.1, 0.15) is 6.04 Å². The Morgan fingerprint density at radius 3 is 2.69 bits per heavy atom. The van der Waals surface area contributed by atoms with Crippen LogP contribution in [-0.2, 0) is 9.53 Å². The number of ether oxygens (including phenoxy) is 1. The lowest BCUT2D eigenvalue weighted by atomic mass is 9.98. The highest BCUT2D eigenvalue weighted by Crippen LogP contribution is 2.27. The average molecular weight is 474 g/mol. The van der Waals surface area contributed by atoms with Crippen LogP contribution in [0.4, 0.5) is 5.69 Å². The Kier molecular flexibility index (Phi) is 9.32. The summed E-state index contributed by atoms with van der Waals surface area (Å²) in [6, 6.07) is 15.1. The molecule has 6 nitrogen and oxygen atoms in total. The van der Waals surface area contributed by atoms with Gasteiger partial charge in [-0.2, -0.15) is 24.4 Å². The zero-order chi connectivity index (χ0) is 22.9. The summed E-state index contributed by atoms with van der Waals surface area (Å²) in [5.74, 6) is 0.0112. The number of benzene rings is 2. The van der Waals surface area contributed by atoms with Crippen LogP contribution < -0.4 is 16.0 Å². The topological polar surface area (TPSA) is 79.5 Å². The SMILES string of the molecule is COC(=O)[C@H](CCSC)NC(=O)c1cc(NCC2NCCC2S)ccc1-c1ccccc1. The van der Waals surface area contributed by atoms with Crippen molar-refractivity contribution in [3.8, 4) is 11.1 Å². The Bertz CT molecular complexity index is 911. The van der Waals surface area contributed by atoms with Crippen LogP contribution in [0.15, 0.2) is 48.5 Å².